The molecule has 3 aromatic heterocycles. The fourth-order valence-corrected chi connectivity index (χ4v) is 9.64. The molecule has 330 valence electrons. The molecule has 0 fully saturated rings. The zero-order valence-corrected chi connectivity index (χ0v) is 36.0. The molecule has 14 N–H and O–H groups in total. The second-order valence-electron chi connectivity index (χ2n) is 14.7. The highest BCUT2D eigenvalue weighted by Gasteiger charge is 2.23. The standard InChI is InChI=1S/C44H38N4O12S4/c49-61(50,51)29-9-1-25(2-10-29)41-33-17-19-35(45-33)42(26-3-11-30(12-4-26)62(52,53)54)37-21-23-39(47-37)44(28-7-15-32(16-8-28)64(58,59)60)40-24-22-38(48-40)43(36-20-18-34(41)46-36)27-5-13-31(14-6-27)63(55,56)57/h1-24,45-46,49-60H. The monoisotopic (exact) mass is 942 g/mol. The van der Waals surface area contributed by atoms with Crippen molar-refractivity contribution in [2.75, 3.05) is 0 Å². The van der Waals surface area contributed by atoms with Gasteiger partial charge in [0.05, 0.1) is 42.4 Å². The zero-order valence-electron chi connectivity index (χ0n) is 32.8. The number of nitrogens with zero attached hydrogens (tertiary/aromatic N) is 2. The first-order valence-corrected chi connectivity index (χ1v) is 24.8. The zero-order chi connectivity index (χ0) is 45.3. The van der Waals surface area contributed by atoms with Gasteiger partial charge >= 0.3 is 0 Å². The number of benzene rings is 4. The van der Waals surface area contributed by atoms with Crippen molar-refractivity contribution in [3.8, 4) is 44.5 Å². The van der Waals surface area contributed by atoms with Gasteiger partial charge in [0.15, 0.2) is 0 Å². The molecule has 0 unspecified atom stereocenters. The highest BCUT2D eigenvalue weighted by atomic mass is 32.3. The van der Waals surface area contributed by atoms with Crippen LogP contribution < -0.4 is 0 Å². The topological polar surface area (TPSA) is 300 Å². The van der Waals surface area contributed by atoms with Gasteiger partial charge in [0.2, 0.25) is 0 Å². The van der Waals surface area contributed by atoms with Crippen LogP contribution in [0.5, 0.6) is 0 Å². The molecule has 0 radical (unpaired) electrons. The highest BCUT2D eigenvalue weighted by Crippen LogP contribution is 2.48. The summed E-state index contributed by atoms with van der Waals surface area (Å²) in [5.74, 6) is 0. The van der Waals surface area contributed by atoms with Crippen LogP contribution >= 0.6 is 43.5 Å². The molecule has 9 rings (SSSR count). The average molecular weight is 943 g/mol. The third kappa shape index (κ3) is 8.54. The molecule has 0 saturated carbocycles. The normalized spacial score (nSPS) is 14.2. The van der Waals surface area contributed by atoms with Crippen molar-refractivity contribution < 1.29 is 54.6 Å². The minimum atomic E-state index is -4.03. The molecule has 7 aromatic rings. The summed E-state index contributed by atoms with van der Waals surface area (Å²) < 4.78 is 120. The first-order valence-electron chi connectivity index (χ1n) is 18.8. The third-order valence-electron chi connectivity index (χ3n) is 10.6. The van der Waals surface area contributed by atoms with Crippen molar-refractivity contribution in [1.29, 1.82) is 0 Å². The number of aromatic amines is 2. The summed E-state index contributed by atoms with van der Waals surface area (Å²) in [6.07, 6.45) is 7.14. The van der Waals surface area contributed by atoms with E-state index in [1.165, 1.54) is 48.5 Å². The van der Waals surface area contributed by atoms with Crippen molar-refractivity contribution in [2.45, 2.75) is 19.6 Å². The Morgan fingerprint density at radius 3 is 0.750 bits per heavy atom. The van der Waals surface area contributed by atoms with Gasteiger partial charge in [-0.1, -0.05) is 48.5 Å². The number of hydrogen-bond donors (Lipinski definition) is 14. The van der Waals surface area contributed by atoms with Crippen molar-refractivity contribution in [3.05, 3.63) is 144 Å². The van der Waals surface area contributed by atoms with Crippen LogP contribution in [0.15, 0.2) is 141 Å². The molecule has 5 heterocycles. The summed E-state index contributed by atoms with van der Waals surface area (Å²) in [6, 6.07) is 31.4. The molecule has 64 heavy (non-hydrogen) atoms. The summed E-state index contributed by atoms with van der Waals surface area (Å²) in [5, 5.41) is 0. The molecule has 0 amide bonds. The summed E-state index contributed by atoms with van der Waals surface area (Å²) in [5.41, 5.74) is 8.71. The highest BCUT2D eigenvalue weighted by molar-refractivity contribution is 8.20. The molecule has 16 nitrogen and oxygen atoms in total. The van der Waals surface area contributed by atoms with Gasteiger partial charge < -0.3 is 64.6 Å². The number of H-pyrrole nitrogens is 2. The molecule has 8 bridgehead atoms. The Labute approximate surface area is 370 Å². The summed E-state index contributed by atoms with van der Waals surface area (Å²) in [7, 11) is -16.1. The number of hydrogen-bond acceptors (Lipinski definition) is 14. The molecular weight excluding hydrogens is 905 g/mol. The van der Waals surface area contributed by atoms with E-state index in [9.17, 15) is 54.6 Å². The maximum Gasteiger partial charge on any atom is 0.112 e. The van der Waals surface area contributed by atoms with Crippen molar-refractivity contribution in [3.63, 3.8) is 0 Å². The smallest absolute Gasteiger partial charge is 0.112 e. The summed E-state index contributed by atoms with van der Waals surface area (Å²) in [6.45, 7) is 0. The molecule has 0 saturated heterocycles. The molecule has 2 aliphatic heterocycles. The number of rotatable bonds is 8. The van der Waals surface area contributed by atoms with E-state index in [1.807, 2.05) is 24.3 Å². The molecule has 4 aromatic carbocycles. The molecule has 0 spiro atoms. The van der Waals surface area contributed by atoms with Crippen LogP contribution in [0.4, 0.5) is 0 Å². The van der Waals surface area contributed by atoms with Crippen LogP contribution in [-0.4, -0.2) is 74.6 Å². The number of nitrogens with one attached hydrogen (secondary N) is 2. The lowest BCUT2D eigenvalue weighted by Crippen LogP contribution is -1.96. The van der Waals surface area contributed by atoms with E-state index >= 15 is 0 Å². The Balaban J connectivity index is 1.42. The maximum absolute atomic E-state index is 10.00. The SMILES string of the molecule is OS(O)(O)c1ccc(-c2c3nc(c(-c4ccc(S(O)(O)O)cc4)c4ccc([nH]4)c(-c4ccc(S(O)(O)O)cc4)c4ccc([nH]4)c(-c4ccc(S(O)(O)O)cc4)c4nc2C=C4)C=C3)cc1. The predicted octanol–water partition coefficient (Wildman–Crippen LogP) is 13.7. The van der Waals surface area contributed by atoms with E-state index in [4.69, 9.17) is 9.97 Å². The number of aromatic nitrogens is 4. The minimum Gasteiger partial charge on any atom is -0.354 e. The van der Waals surface area contributed by atoms with E-state index in [2.05, 4.69) is 9.97 Å². The first-order chi connectivity index (χ1) is 30.2. The van der Waals surface area contributed by atoms with E-state index < -0.39 is 43.5 Å². The van der Waals surface area contributed by atoms with Gasteiger partial charge in [-0.05, 0) is 119 Å². The number of fused-ring (bicyclic) bond motifs is 8. The predicted molar refractivity (Wildman–Crippen MR) is 256 cm³/mol. The van der Waals surface area contributed by atoms with Gasteiger partial charge in [0.1, 0.15) is 43.5 Å². The van der Waals surface area contributed by atoms with Crippen LogP contribution in [0, 0.1) is 0 Å². The Morgan fingerprint density at radius 1 is 0.266 bits per heavy atom. The van der Waals surface area contributed by atoms with Crippen molar-refractivity contribution in [1.82, 2.24) is 19.9 Å². The largest absolute Gasteiger partial charge is 0.354 e. The van der Waals surface area contributed by atoms with Gasteiger partial charge in [0.25, 0.3) is 0 Å². The second-order valence-corrected chi connectivity index (χ2v) is 20.7. The summed E-state index contributed by atoms with van der Waals surface area (Å²) in [4.78, 5) is 16.9. The first kappa shape index (κ1) is 43.6. The molecule has 2 aliphatic rings. The fourth-order valence-electron chi connectivity index (χ4n) is 7.64. The Morgan fingerprint density at radius 2 is 0.484 bits per heavy atom. The summed E-state index contributed by atoms with van der Waals surface area (Å²) >= 11 is 0. The van der Waals surface area contributed by atoms with Crippen LogP contribution in [0.1, 0.15) is 22.8 Å². The average Bonchev–Trinajstić information content (AvgIpc) is 4.08. The van der Waals surface area contributed by atoms with E-state index in [0.29, 0.717) is 89.4 Å². The minimum absolute atomic E-state index is 0.0887. The van der Waals surface area contributed by atoms with E-state index in [-0.39, 0.29) is 19.6 Å². The van der Waals surface area contributed by atoms with Crippen molar-refractivity contribution in [2.24, 2.45) is 0 Å². The lowest BCUT2D eigenvalue weighted by atomic mass is 10.0. The van der Waals surface area contributed by atoms with Crippen molar-refractivity contribution >= 4 is 89.9 Å². The molecule has 0 aliphatic carbocycles. The second kappa shape index (κ2) is 16.1. The van der Waals surface area contributed by atoms with Gasteiger partial charge in [-0.3, -0.25) is 0 Å². The molecular formula is C44H38N4O12S4. The molecule has 0 atom stereocenters. The van der Waals surface area contributed by atoms with Crippen LogP contribution in [0.25, 0.3) is 90.9 Å². The Hall–Kier alpha value is -5.60. The van der Waals surface area contributed by atoms with Crippen LogP contribution in [0.3, 0.4) is 0 Å². The van der Waals surface area contributed by atoms with Gasteiger partial charge in [-0.2, -0.15) is 0 Å². The van der Waals surface area contributed by atoms with Gasteiger partial charge in [-0.25, -0.2) is 9.97 Å². The third-order valence-corrected chi connectivity index (χ3v) is 14.2. The van der Waals surface area contributed by atoms with Crippen LogP contribution in [0.2, 0.25) is 0 Å². The quantitative estimate of drug-likeness (QED) is 0.0674. The Kier molecular flexibility index (Phi) is 11.0. The van der Waals surface area contributed by atoms with Gasteiger partial charge in [-0.15, -0.1) is 0 Å². The van der Waals surface area contributed by atoms with Gasteiger partial charge in [0, 0.05) is 44.3 Å². The lowest BCUT2D eigenvalue weighted by Gasteiger charge is -2.19. The van der Waals surface area contributed by atoms with Crippen LogP contribution in [-0.2, 0) is 0 Å². The molecule has 20 heteroatoms. The van der Waals surface area contributed by atoms with E-state index in [0.717, 1.165) is 0 Å². The fraction of sp³-hybridized carbons (Fsp3) is 0. The Bertz CT molecular complexity index is 3030. The lowest BCUT2D eigenvalue weighted by molar-refractivity contribution is 0.374. The maximum atomic E-state index is 10.00. The van der Waals surface area contributed by atoms with E-state index in [1.54, 1.807) is 72.8 Å².